The minimum Gasteiger partial charge on any atom is -0.497 e. The van der Waals surface area contributed by atoms with E-state index in [-0.39, 0.29) is 6.79 Å². The van der Waals surface area contributed by atoms with Gasteiger partial charge in [0.2, 0.25) is 0 Å². The molecule has 0 amide bonds. The fraction of sp³-hybridized carbons (Fsp3) is 0.379. The van der Waals surface area contributed by atoms with Gasteiger partial charge in [0, 0.05) is 39.8 Å². The maximum absolute atomic E-state index is 10.4. The molecule has 0 saturated carbocycles. The summed E-state index contributed by atoms with van der Waals surface area (Å²) in [4.78, 5) is 0. The lowest BCUT2D eigenvalue weighted by atomic mass is 10.0. The van der Waals surface area contributed by atoms with E-state index in [1.807, 2.05) is 59.5 Å². The molecule has 1 aliphatic heterocycles. The predicted molar refractivity (Wildman–Crippen MR) is 153 cm³/mol. The first-order chi connectivity index (χ1) is 18.6. The van der Waals surface area contributed by atoms with Crippen molar-refractivity contribution in [3.63, 3.8) is 0 Å². The summed E-state index contributed by atoms with van der Waals surface area (Å²) in [5.74, 6) is 4.41. The molecule has 0 bridgehead atoms. The monoisotopic (exact) mass is 558 g/mol. The lowest BCUT2D eigenvalue weighted by Gasteiger charge is -2.16. The van der Waals surface area contributed by atoms with Gasteiger partial charge in [0.05, 0.1) is 33.5 Å². The predicted octanol–water partition coefficient (Wildman–Crippen LogP) is 6.49. The number of hydrogen-bond acceptors (Lipinski definition) is 9. The highest BCUT2D eigenvalue weighted by atomic mass is 32.2. The molecule has 38 heavy (non-hydrogen) atoms. The van der Waals surface area contributed by atoms with Crippen LogP contribution >= 0.6 is 23.1 Å². The lowest BCUT2D eigenvalue weighted by molar-refractivity contribution is 0.0230. The van der Waals surface area contributed by atoms with E-state index in [4.69, 9.17) is 28.4 Å². The van der Waals surface area contributed by atoms with E-state index in [1.54, 1.807) is 37.3 Å². The fourth-order valence-corrected chi connectivity index (χ4v) is 5.64. The van der Waals surface area contributed by atoms with E-state index >= 15 is 0 Å². The molecule has 1 unspecified atom stereocenters. The molecule has 2 aromatic carbocycles. The number of ether oxygens (including phenoxy) is 6. The van der Waals surface area contributed by atoms with Crippen LogP contribution in [0.5, 0.6) is 28.7 Å². The summed E-state index contributed by atoms with van der Waals surface area (Å²) in [6, 6.07) is 11.5. The Hall–Kier alpha value is -2.85. The molecular formula is C29H34O7S2. The summed E-state index contributed by atoms with van der Waals surface area (Å²) >= 11 is 3.17. The van der Waals surface area contributed by atoms with Gasteiger partial charge in [-0.3, -0.25) is 0 Å². The second-order valence-corrected chi connectivity index (χ2v) is 10.1. The van der Waals surface area contributed by atoms with Crippen LogP contribution in [0.4, 0.5) is 0 Å². The summed E-state index contributed by atoms with van der Waals surface area (Å²) in [6.45, 7) is 3.80. The fourth-order valence-electron chi connectivity index (χ4n) is 3.95. The van der Waals surface area contributed by atoms with Gasteiger partial charge in [0.25, 0.3) is 0 Å². The third-order valence-electron chi connectivity index (χ3n) is 5.98. The molecule has 0 saturated heterocycles. The van der Waals surface area contributed by atoms with E-state index in [0.29, 0.717) is 25.6 Å². The zero-order valence-corrected chi connectivity index (χ0v) is 23.6. The molecule has 204 valence electrons. The van der Waals surface area contributed by atoms with Crippen LogP contribution in [0.3, 0.4) is 0 Å². The largest absolute Gasteiger partial charge is 0.497 e. The molecular weight excluding hydrogens is 524 g/mol. The van der Waals surface area contributed by atoms with E-state index in [0.717, 1.165) is 63.9 Å². The van der Waals surface area contributed by atoms with Crippen molar-refractivity contribution >= 4 is 28.7 Å². The molecule has 3 aromatic rings. The van der Waals surface area contributed by atoms with E-state index in [2.05, 4.69) is 0 Å². The van der Waals surface area contributed by atoms with Crippen molar-refractivity contribution in [1.29, 1.82) is 0 Å². The molecule has 0 fully saturated rings. The normalized spacial score (nSPS) is 14.7. The number of benzene rings is 2. The Morgan fingerprint density at radius 2 is 1.47 bits per heavy atom. The molecule has 7 nitrogen and oxygen atoms in total. The van der Waals surface area contributed by atoms with Gasteiger partial charge >= 0.3 is 0 Å². The number of thiophene rings is 1. The van der Waals surface area contributed by atoms with Crippen molar-refractivity contribution in [2.24, 2.45) is 0 Å². The van der Waals surface area contributed by atoms with Crippen LogP contribution in [0.25, 0.3) is 16.7 Å². The summed E-state index contributed by atoms with van der Waals surface area (Å²) in [5, 5.41) is 16.3. The Labute approximate surface area is 232 Å². The van der Waals surface area contributed by atoms with Crippen LogP contribution in [0.15, 0.2) is 52.6 Å². The molecule has 4 rings (SSSR count). The number of aliphatic hydroxyl groups is 1. The number of rotatable bonds is 15. The van der Waals surface area contributed by atoms with Crippen LogP contribution in [0.2, 0.25) is 0 Å². The SMILES string of the molecule is CCOCOc1cscc1-c1cc(OC)ccc1OCCCCOc1ccc(OC)cc1C1=CSCC1O. The van der Waals surface area contributed by atoms with E-state index in [1.165, 1.54) is 0 Å². The van der Waals surface area contributed by atoms with Gasteiger partial charge in [-0.2, -0.15) is 0 Å². The second-order valence-electron chi connectivity index (χ2n) is 8.46. The standard InChI is InChI=1S/C29H34O7S2/c1-4-33-19-36-29-18-38-16-25(29)23-14-21(32-3)8-10-28(23)35-12-6-5-11-34-27-9-7-20(31-2)13-22(27)24-15-37-17-26(24)30/h7-10,13-16,18,26,30H,4-6,11-12,17,19H2,1-3H3. The number of methoxy groups -OCH3 is 2. The van der Waals surface area contributed by atoms with E-state index in [9.17, 15) is 5.11 Å². The molecule has 9 heteroatoms. The van der Waals surface area contributed by atoms with Crippen molar-refractivity contribution in [3.8, 4) is 39.9 Å². The van der Waals surface area contributed by atoms with Crippen LogP contribution in [0.1, 0.15) is 25.3 Å². The van der Waals surface area contributed by atoms with Crippen molar-refractivity contribution in [3.05, 3.63) is 58.1 Å². The van der Waals surface area contributed by atoms with Gasteiger partial charge in [-0.05, 0) is 67.1 Å². The summed E-state index contributed by atoms with van der Waals surface area (Å²) in [6.07, 6.45) is 1.12. The maximum Gasteiger partial charge on any atom is 0.189 e. The smallest absolute Gasteiger partial charge is 0.189 e. The molecule has 1 aliphatic rings. The first kappa shape index (κ1) is 28.2. The first-order valence-corrected chi connectivity index (χ1v) is 14.5. The molecule has 0 aliphatic carbocycles. The summed E-state index contributed by atoms with van der Waals surface area (Å²) in [5.41, 5.74) is 3.61. The van der Waals surface area contributed by atoms with Gasteiger partial charge in [-0.15, -0.1) is 23.1 Å². The molecule has 2 heterocycles. The molecule has 1 aromatic heterocycles. The third-order valence-corrected chi connectivity index (χ3v) is 7.63. The van der Waals surface area contributed by atoms with Gasteiger partial charge in [-0.1, -0.05) is 0 Å². The zero-order valence-electron chi connectivity index (χ0n) is 21.9. The molecule has 1 atom stereocenters. The van der Waals surface area contributed by atoms with Crippen LogP contribution in [-0.4, -0.2) is 57.8 Å². The average molecular weight is 559 g/mol. The maximum atomic E-state index is 10.4. The van der Waals surface area contributed by atoms with E-state index < -0.39 is 6.10 Å². The van der Waals surface area contributed by atoms with Crippen molar-refractivity contribution in [2.75, 3.05) is 46.6 Å². The van der Waals surface area contributed by atoms with Gasteiger partial charge < -0.3 is 33.5 Å². The number of thioether (sulfide) groups is 1. The number of aliphatic hydroxyl groups excluding tert-OH is 1. The third kappa shape index (κ3) is 7.17. The van der Waals surface area contributed by atoms with Crippen LogP contribution < -0.4 is 23.7 Å². The van der Waals surface area contributed by atoms with Gasteiger partial charge in [0.1, 0.15) is 28.7 Å². The minimum absolute atomic E-state index is 0.200. The number of hydrogen-bond donors (Lipinski definition) is 1. The second kappa shape index (κ2) is 14.3. The quantitative estimate of drug-likeness (QED) is 0.168. The number of unbranched alkanes of at least 4 members (excludes halogenated alkanes) is 1. The van der Waals surface area contributed by atoms with Crippen molar-refractivity contribution in [1.82, 2.24) is 0 Å². The Morgan fingerprint density at radius 3 is 2.08 bits per heavy atom. The molecule has 0 radical (unpaired) electrons. The van der Waals surface area contributed by atoms with Gasteiger partial charge in [-0.25, -0.2) is 0 Å². The molecule has 1 N–H and O–H groups in total. The van der Waals surface area contributed by atoms with Crippen molar-refractivity contribution in [2.45, 2.75) is 25.9 Å². The molecule has 0 spiro atoms. The van der Waals surface area contributed by atoms with Crippen molar-refractivity contribution < 1.29 is 33.5 Å². The Balaban J connectivity index is 1.34. The summed E-state index contributed by atoms with van der Waals surface area (Å²) in [7, 11) is 3.28. The Bertz CT molecular complexity index is 1210. The highest BCUT2D eigenvalue weighted by molar-refractivity contribution is 8.02. The highest BCUT2D eigenvalue weighted by Crippen LogP contribution is 2.41. The van der Waals surface area contributed by atoms with Crippen LogP contribution in [-0.2, 0) is 4.74 Å². The Morgan fingerprint density at radius 1 is 0.816 bits per heavy atom. The zero-order chi connectivity index (χ0) is 26.7. The Kier molecular flexibility index (Phi) is 10.6. The van der Waals surface area contributed by atoms with Crippen LogP contribution in [0, 0.1) is 0 Å². The minimum atomic E-state index is -0.505. The van der Waals surface area contributed by atoms with Gasteiger partial charge in [0.15, 0.2) is 6.79 Å². The average Bonchev–Trinajstić information content (AvgIpc) is 3.59. The highest BCUT2D eigenvalue weighted by Gasteiger charge is 2.22. The topological polar surface area (TPSA) is 75.6 Å². The lowest BCUT2D eigenvalue weighted by Crippen LogP contribution is -2.10. The first-order valence-electron chi connectivity index (χ1n) is 12.5. The summed E-state index contributed by atoms with van der Waals surface area (Å²) < 4.78 is 34.3.